The summed E-state index contributed by atoms with van der Waals surface area (Å²) in [5, 5.41) is 10.8. The molecule has 0 radical (unpaired) electrons. The molecule has 0 aliphatic heterocycles. The molecule has 0 bridgehead atoms. The van der Waals surface area contributed by atoms with E-state index in [1.807, 2.05) is 13.8 Å². The van der Waals surface area contributed by atoms with Crippen LogP contribution in [-0.2, 0) is 0 Å². The first kappa shape index (κ1) is 13.3. The fourth-order valence-corrected chi connectivity index (χ4v) is 1.46. The SMILES string of the molecule is CC(C)C/C(=C/c1cc(F)cc(F)c1)[N+](=O)[O-]. The van der Waals surface area contributed by atoms with Crippen molar-refractivity contribution in [1.82, 2.24) is 0 Å². The van der Waals surface area contributed by atoms with Crippen molar-refractivity contribution >= 4 is 6.08 Å². The van der Waals surface area contributed by atoms with Gasteiger partial charge in [0.25, 0.3) is 0 Å². The zero-order valence-corrected chi connectivity index (χ0v) is 9.61. The molecule has 92 valence electrons. The summed E-state index contributed by atoms with van der Waals surface area (Å²) in [6, 6.07) is 2.85. The van der Waals surface area contributed by atoms with Gasteiger partial charge in [0.1, 0.15) is 11.6 Å². The molecule has 0 aliphatic carbocycles. The first-order valence-corrected chi connectivity index (χ1v) is 5.19. The Labute approximate surface area is 97.9 Å². The van der Waals surface area contributed by atoms with Gasteiger partial charge >= 0.3 is 0 Å². The predicted octanol–water partition coefficient (Wildman–Crippen LogP) is 3.63. The van der Waals surface area contributed by atoms with E-state index in [4.69, 9.17) is 0 Å². The highest BCUT2D eigenvalue weighted by molar-refractivity contribution is 5.51. The Morgan fingerprint density at radius 2 is 1.88 bits per heavy atom. The van der Waals surface area contributed by atoms with Crippen LogP contribution in [0.3, 0.4) is 0 Å². The summed E-state index contributed by atoms with van der Waals surface area (Å²) in [7, 11) is 0. The molecule has 3 nitrogen and oxygen atoms in total. The Morgan fingerprint density at radius 1 is 1.35 bits per heavy atom. The minimum Gasteiger partial charge on any atom is -0.259 e. The van der Waals surface area contributed by atoms with Crippen LogP contribution in [-0.4, -0.2) is 4.92 Å². The topological polar surface area (TPSA) is 43.1 Å². The standard InChI is InChI=1S/C12H13F2NO2/c1-8(2)3-12(15(16)17)6-9-4-10(13)7-11(14)5-9/h4-8H,3H2,1-2H3/b12-6-. The van der Waals surface area contributed by atoms with Crippen LogP contribution in [0.25, 0.3) is 6.08 Å². The Balaban J connectivity index is 3.08. The van der Waals surface area contributed by atoms with Gasteiger partial charge in [0.2, 0.25) is 5.70 Å². The first-order chi connectivity index (χ1) is 7.88. The number of hydrogen-bond acceptors (Lipinski definition) is 2. The lowest BCUT2D eigenvalue weighted by atomic mass is 10.1. The zero-order chi connectivity index (χ0) is 13.0. The fraction of sp³-hybridized carbons (Fsp3) is 0.333. The number of hydrogen-bond donors (Lipinski definition) is 0. The maximum Gasteiger partial charge on any atom is 0.247 e. The lowest BCUT2D eigenvalue weighted by molar-refractivity contribution is -0.427. The number of allylic oxidation sites excluding steroid dienone is 1. The number of nitro groups is 1. The van der Waals surface area contributed by atoms with Gasteiger partial charge in [0.15, 0.2) is 0 Å². The Hall–Kier alpha value is -1.78. The van der Waals surface area contributed by atoms with Crippen molar-refractivity contribution in [2.45, 2.75) is 20.3 Å². The molecule has 1 aromatic rings. The van der Waals surface area contributed by atoms with Gasteiger partial charge in [0, 0.05) is 18.6 Å². The number of rotatable bonds is 4. The Morgan fingerprint density at radius 3 is 2.29 bits per heavy atom. The predicted molar refractivity (Wildman–Crippen MR) is 60.8 cm³/mol. The summed E-state index contributed by atoms with van der Waals surface area (Å²) >= 11 is 0. The molecule has 0 aromatic heterocycles. The molecule has 0 saturated heterocycles. The monoisotopic (exact) mass is 241 g/mol. The lowest BCUT2D eigenvalue weighted by Gasteiger charge is -2.02. The van der Waals surface area contributed by atoms with Crippen molar-refractivity contribution in [3.63, 3.8) is 0 Å². The molecule has 0 fully saturated rings. The van der Waals surface area contributed by atoms with Gasteiger partial charge < -0.3 is 0 Å². The van der Waals surface area contributed by atoms with Crippen LogP contribution < -0.4 is 0 Å². The van der Waals surface area contributed by atoms with Crippen LogP contribution in [0.15, 0.2) is 23.9 Å². The van der Waals surface area contributed by atoms with E-state index in [1.165, 1.54) is 6.08 Å². The van der Waals surface area contributed by atoms with E-state index in [2.05, 4.69) is 0 Å². The van der Waals surface area contributed by atoms with Crippen LogP contribution in [0.5, 0.6) is 0 Å². The molecule has 0 heterocycles. The summed E-state index contributed by atoms with van der Waals surface area (Å²) < 4.78 is 25.8. The van der Waals surface area contributed by atoms with Gasteiger partial charge in [-0.05, 0) is 23.6 Å². The molecule has 0 aliphatic rings. The van der Waals surface area contributed by atoms with Crippen LogP contribution >= 0.6 is 0 Å². The summed E-state index contributed by atoms with van der Waals surface area (Å²) in [6.45, 7) is 3.67. The average molecular weight is 241 g/mol. The van der Waals surface area contributed by atoms with Gasteiger partial charge in [-0.25, -0.2) is 8.78 Å². The summed E-state index contributed by atoms with van der Waals surface area (Å²) in [5.41, 5.74) is 0.111. The maximum absolute atomic E-state index is 12.9. The Bertz CT molecular complexity index is 436. The molecule has 0 saturated carbocycles. The largest absolute Gasteiger partial charge is 0.259 e. The van der Waals surface area contributed by atoms with Crippen LogP contribution in [0.2, 0.25) is 0 Å². The van der Waals surface area contributed by atoms with Crippen molar-refractivity contribution in [3.05, 3.63) is 51.2 Å². The van der Waals surface area contributed by atoms with E-state index < -0.39 is 16.6 Å². The molecule has 1 aromatic carbocycles. The van der Waals surface area contributed by atoms with Gasteiger partial charge in [0.05, 0.1) is 4.92 Å². The molecule has 0 atom stereocenters. The van der Waals surface area contributed by atoms with Crippen molar-refractivity contribution in [2.24, 2.45) is 5.92 Å². The second-order valence-corrected chi connectivity index (χ2v) is 4.19. The molecular weight excluding hydrogens is 228 g/mol. The number of benzene rings is 1. The van der Waals surface area contributed by atoms with Gasteiger partial charge in [-0.1, -0.05) is 13.8 Å². The number of halogens is 2. The van der Waals surface area contributed by atoms with Gasteiger partial charge in [-0.3, -0.25) is 10.1 Å². The van der Waals surface area contributed by atoms with Crippen molar-refractivity contribution in [3.8, 4) is 0 Å². The molecule has 0 unspecified atom stereocenters. The molecular formula is C12H13F2NO2. The van der Waals surface area contributed by atoms with E-state index in [-0.39, 0.29) is 23.6 Å². The quantitative estimate of drug-likeness (QED) is 0.596. The third kappa shape index (κ3) is 4.30. The second-order valence-electron chi connectivity index (χ2n) is 4.19. The molecule has 5 heteroatoms. The van der Waals surface area contributed by atoms with Gasteiger partial charge in [-0.2, -0.15) is 0 Å². The highest BCUT2D eigenvalue weighted by Gasteiger charge is 2.13. The van der Waals surface area contributed by atoms with Crippen molar-refractivity contribution in [2.75, 3.05) is 0 Å². The third-order valence-electron chi connectivity index (χ3n) is 2.07. The number of nitrogens with zero attached hydrogens (tertiary/aromatic N) is 1. The molecule has 0 amide bonds. The van der Waals surface area contributed by atoms with E-state index in [1.54, 1.807) is 0 Å². The summed E-state index contributed by atoms with van der Waals surface area (Å²) in [4.78, 5) is 10.2. The van der Waals surface area contributed by atoms with E-state index in [0.717, 1.165) is 18.2 Å². The van der Waals surface area contributed by atoms with E-state index in [9.17, 15) is 18.9 Å². The first-order valence-electron chi connectivity index (χ1n) is 5.19. The van der Waals surface area contributed by atoms with Crippen molar-refractivity contribution in [1.29, 1.82) is 0 Å². The smallest absolute Gasteiger partial charge is 0.247 e. The molecule has 0 N–H and O–H groups in total. The highest BCUT2D eigenvalue weighted by atomic mass is 19.1. The minimum atomic E-state index is -0.747. The molecule has 17 heavy (non-hydrogen) atoms. The minimum absolute atomic E-state index is 0.0509. The summed E-state index contributed by atoms with van der Waals surface area (Å²) in [5.74, 6) is -1.39. The van der Waals surface area contributed by atoms with Crippen LogP contribution in [0.1, 0.15) is 25.8 Å². The highest BCUT2D eigenvalue weighted by Crippen LogP contribution is 2.17. The summed E-state index contributed by atoms with van der Waals surface area (Å²) in [6.07, 6.45) is 1.46. The van der Waals surface area contributed by atoms with E-state index in [0.29, 0.717) is 0 Å². The lowest BCUT2D eigenvalue weighted by Crippen LogP contribution is -2.02. The van der Waals surface area contributed by atoms with Crippen molar-refractivity contribution < 1.29 is 13.7 Å². The zero-order valence-electron chi connectivity index (χ0n) is 9.61. The van der Waals surface area contributed by atoms with Gasteiger partial charge in [-0.15, -0.1) is 0 Å². The second kappa shape index (κ2) is 5.52. The van der Waals surface area contributed by atoms with Crippen LogP contribution in [0, 0.1) is 27.7 Å². The normalized spacial score (nSPS) is 11.9. The Kier molecular flexibility index (Phi) is 4.31. The maximum atomic E-state index is 12.9. The third-order valence-corrected chi connectivity index (χ3v) is 2.07. The molecule has 0 spiro atoms. The molecule has 1 rings (SSSR count). The fourth-order valence-electron chi connectivity index (χ4n) is 1.46. The van der Waals surface area contributed by atoms with E-state index >= 15 is 0 Å². The van der Waals surface area contributed by atoms with Crippen LogP contribution in [0.4, 0.5) is 8.78 Å². The average Bonchev–Trinajstić information content (AvgIpc) is 2.13.